The molecule has 0 aliphatic carbocycles. The average Bonchev–Trinajstić information content (AvgIpc) is 3.05. The number of furan rings is 1. The molecule has 1 aromatic heterocycles. The molecular formula is C20H18ClNO4. The maximum absolute atomic E-state index is 12.2. The van der Waals surface area contributed by atoms with Crippen LogP contribution in [0, 0.1) is 0 Å². The highest BCUT2D eigenvalue weighted by Crippen LogP contribution is 2.25. The Morgan fingerprint density at radius 2 is 1.96 bits per heavy atom. The van der Waals surface area contributed by atoms with E-state index in [9.17, 15) is 9.59 Å². The molecule has 2 aromatic carbocycles. The van der Waals surface area contributed by atoms with Crippen LogP contribution in [-0.4, -0.2) is 18.3 Å². The average molecular weight is 372 g/mol. The van der Waals surface area contributed by atoms with Crippen LogP contribution in [0.2, 0.25) is 5.02 Å². The van der Waals surface area contributed by atoms with Gasteiger partial charge >= 0.3 is 0 Å². The molecule has 1 atom stereocenters. The number of Topliss-reactive ketones (excluding diaryl/α,β-unsaturated/α-hetero) is 1. The number of fused-ring (bicyclic) bond motifs is 1. The predicted octanol–water partition coefficient (Wildman–Crippen LogP) is 4.55. The van der Waals surface area contributed by atoms with Crippen LogP contribution in [0.1, 0.15) is 36.0 Å². The molecule has 1 N–H and O–H groups in total. The van der Waals surface area contributed by atoms with E-state index in [0.717, 1.165) is 11.0 Å². The summed E-state index contributed by atoms with van der Waals surface area (Å²) in [5.74, 6) is 0.491. The van der Waals surface area contributed by atoms with Gasteiger partial charge in [0.1, 0.15) is 17.1 Å². The quantitative estimate of drug-likeness (QED) is 0.645. The predicted molar refractivity (Wildman–Crippen MR) is 99.7 cm³/mol. The normalized spacial score (nSPS) is 12.0. The van der Waals surface area contributed by atoms with Crippen molar-refractivity contribution in [3.05, 3.63) is 64.9 Å². The molecule has 3 aromatic rings. The van der Waals surface area contributed by atoms with Crippen LogP contribution in [0.3, 0.4) is 0 Å². The molecule has 0 bridgehead atoms. The number of carbonyl (C=O) groups is 2. The first-order chi connectivity index (χ1) is 12.4. The van der Waals surface area contributed by atoms with E-state index < -0.39 is 0 Å². The summed E-state index contributed by atoms with van der Waals surface area (Å²) in [5, 5.41) is 4.23. The van der Waals surface area contributed by atoms with Gasteiger partial charge < -0.3 is 14.5 Å². The SMILES string of the molecule is CC(=O)c1cc(Cl)ccc1OCC(=O)N[C@@H](C)c1cc2ccccc2o1. The van der Waals surface area contributed by atoms with E-state index in [4.69, 9.17) is 20.8 Å². The fraction of sp³-hybridized carbons (Fsp3) is 0.200. The fourth-order valence-electron chi connectivity index (χ4n) is 2.62. The van der Waals surface area contributed by atoms with Gasteiger partial charge in [0, 0.05) is 10.4 Å². The summed E-state index contributed by atoms with van der Waals surface area (Å²) in [6.07, 6.45) is 0. The zero-order valence-electron chi connectivity index (χ0n) is 14.4. The van der Waals surface area contributed by atoms with Gasteiger partial charge in [0.25, 0.3) is 5.91 Å². The second-order valence-corrected chi connectivity index (χ2v) is 6.40. The van der Waals surface area contributed by atoms with Crippen LogP contribution in [-0.2, 0) is 4.79 Å². The lowest BCUT2D eigenvalue weighted by Crippen LogP contribution is -2.31. The molecule has 0 radical (unpaired) electrons. The van der Waals surface area contributed by atoms with Crippen molar-refractivity contribution in [2.24, 2.45) is 0 Å². The van der Waals surface area contributed by atoms with Gasteiger partial charge in [0.2, 0.25) is 0 Å². The summed E-state index contributed by atoms with van der Waals surface area (Å²) in [6, 6.07) is 13.9. The van der Waals surface area contributed by atoms with Crippen molar-refractivity contribution < 1.29 is 18.7 Å². The number of amides is 1. The second-order valence-electron chi connectivity index (χ2n) is 5.96. The molecule has 134 valence electrons. The molecule has 0 saturated heterocycles. The number of rotatable bonds is 6. The first kappa shape index (κ1) is 18.0. The molecule has 3 rings (SSSR count). The Morgan fingerprint density at radius 3 is 2.69 bits per heavy atom. The highest BCUT2D eigenvalue weighted by molar-refractivity contribution is 6.31. The molecule has 1 amide bonds. The maximum atomic E-state index is 12.2. The molecule has 0 fully saturated rings. The van der Waals surface area contributed by atoms with Crippen LogP contribution in [0.4, 0.5) is 0 Å². The monoisotopic (exact) mass is 371 g/mol. The standard InChI is InChI=1S/C20H18ClNO4/c1-12(19-9-14-5-3-4-6-17(14)26-19)22-20(24)11-25-18-8-7-15(21)10-16(18)13(2)23/h3-10,12H,11H2,1-2H3,(H,22,24)/t12-/m0/s1. The van der Waals surface area contributed by atoms with Gasteiger partial charge in [-0.2, -0.15) is 0 Å². The number of hydrogen-bond donors (Lipinski definition) is 1. The lowest BCUT2D eigenvalue weighted by Gasteiger charge is -2.13. The molecule has 26 heavy (non-hydrogen) atoms. The van der Waals surface area contributed by atoms with E-state index >= 15 is 0 Å². The zero-order valence-corrected chi connectivity index (χ0v) is 15.2. The molecule has 0 unspecified atom stereocenters. The highest BCUT2D eigenvalue weighted by Gasteiger charge is 2.16. The third-order valence-corrected chi connectivity index (χ3v) is 4.16. The molecular weight excluding hydrogens is 354 g/mol. The number of carbonyl (C=O) groups excluding carboxylic acids is 2. The minimum Gasteiger partial charge on any atom is -0.483 e. The minimum absolute atomic E-state index is 0.182. The smallest absolute Gasteiger partial charge is 0.258 e. The summed E-state index contributed by atoms with van der Waals surface area (Å²) in [7, 11) is 0. The van der Waals surface area contributed by atoms with Crippen molar-refractivity contribution in [1.29, 1.82) is 0 Å². The van der Waals surface area contributed by atoms with Crippen LogP contribution >= 0.6 is 11.6 Å². The third-order valence-electron chi connectivity index (χ3n) is 3.93. The van der Waals surface area contributed by atoms with E-state index in [1.807, 2.05) is 37.3 Å². The van der Waals surface area contributed by atoms with Crippen molar-refractivity contribution in [3.63, 3.8) is 0 Å². The summed E-state index contributed by atoms with van der Waals surface area (Å²) < 4.78 is 11.2. The summed E-state index contributed by atoms with van der Waals surface area (Å²) in [5.41, 5.74) is 1.11. The number of ketones is 1. The van der Waals surface area contributed by atoms with Crippen molar-refractivity contribution in [3.8, 4) is 5.75 Å². The number of halogens is 1. The number of ether oxygens (including phenoxy) is 1. The van der Waals surface area contributed by atoms with Gasteiger partial charge in [0.05, 0.1) is 11.6 Å². The van der Waals surface area contributed by atoms with Crippen LogP contribution in [0.15, 0.2) is 52.9 Å². The number of nitrogens with one attached hydrogen (secondary N) is 1. The maximum Gasteiger partial charge on any atom is 0.258 e. The Labute approximate surface area is 155 Å². The highest BCUT2D eigenvalue weighted by atomic mass is 35.5. The zero-order chi connectivity index (χ0) is 18.7. The second kappa shape index (κ2) is 7.62. The van der Waals surface area contributed by atoms with Gasteiger partial charge in [-0.05, 0) is 44.2 Å². The Hall–Kier alpha value is -2.79. The molecule has 0 aliphatic heterocycles. The van der Waals surface area contributed by atoms with Gasteiger partial charge in [-0.3, -0.25) is 9.59 Å². The third kappa shape index (κ3) is 4.06. The molecule has 5 nitrogen and oxygen atoms in total. The summed E-state index contributed by atoms with van der Waals surface area (Å²) >= 11 is 5.90. The number of benzene rings is 2. The van der Waals surface area contributed by atoms with E-state index in [1.165, 1.54) is 13.0 Å². The van der Waals surface area contributed by atoms with Gasteiger partial charge in [-0.15, -0.1) is 0 Å². The van der Waals surface area contributed by atoms with Crippen molar-refractivity contribution in [2.45, 2.75) is 19.9 Å². The lowest BCUT2D eigenvalue weighted by atomic mass is 10.1. The van der Waals surface area contributed by atoms with E-state index in [2.05, 4.69) is 5.32 Å². The topological polar surface area (TPSA) is 68.5 Å². The Balaban J connectivity index is 1.63. The van der Waals surface area contributed by atoms with Crippen LogP contribution in [0.5, 0.6) is 5.75 Å². The van der Waals surface area contributed by atoms with Crippen LogP contribution < -0.4 is 10.1 Å². The van der Waals surface area contributed by atoms with Gasteiger partial charge in [-0.1, -0.05) is 29.8 Å². The van der Waals surface area contributed by atoms with Crippen LogP contribution in [0.25, 0.3) is 11.0 Å². The Bertz CT molecular complexity index is 930. The van der Waals surface area contributed by atoms with Gasteiger partial charge in [0.15, 0.2) is 12.4 Å². The first-order valence-electron chi connectivity index (χ1n) is 8.15. The van der Waals surface area contributed by atoms with Crippen molar-refractivity contribution in [1.82, 2.24) is 5.32 Å². The summed E-state index contributed by atoms with van der Waals surface area (Å²) in [4.78, 5) is 23.8. The molecule has 1 heterocycles. The molecule has 0 saturated carbocycles. The molecule has 6 heteroatoms. The van der Waals surface area contributed by atoms with E-state index in [1.54, 1.807) is 12.1 Å². The largest absolute Gasteiger partial charge is 0.483 e. The fourth-order valence-corrected chi connectivity index (χ4v) is 2.79. The minimum atomic E-state index is -0.317. The lowest BCUT2D eigenvalue weighted by molar-refractivity contribution is -0.123. The first-order valence-corrected chi connectivity index (χ1v) is 8.53. The van der Waals surface area contributed by atoms with E-state index in [-0.39, 0.29) is 24.3 Å². The van der Waals surface area contributed by atoms with E-state index in [0.29, 0.717) is 22.1 Å². The molecule has 0 aliphatic rings. The number of hydrogen-bond acceptors (Lipinski definition) is 4. The Kier molecular flexibility index (Phi) is 5.28. The Morgan fingerprint density at radius 1 is 1.19 bits per heavy atom. The summed E-state index contributed by atoms with van der Waals surface area (Å²) in [6.45, 7) is 3.04. The van der Waals surface area contributed by atoms with Crippen molar-refractivity contribution >= 4 is 34.3 Å². The van der Waals surface area contributed by atoms with Gasteiger partial charge in [-0.25, -0.2) is 0 Å². The number of para-hydroxylation sites is 1. The van der Waals surface area contributed by atoms with Crippen molar-refractivity contribution in [2.75, 3.05) is 6.61 Å². The molecule has 0 spiro atoms.